The van der Waals surface area contributed by atoms with Gasteiger partial charge in [-0.3, -0.25) is 4.68 Å². The summed E-state index contributed by atoms with van der Waals surface area (Å²) in [5.74, 6) is 0. The zero-order chi connectivity index (χ0) is 14.3. The zero-order valence-corrected chi connectivity index (χ0v) is 13.8. The summed E-state index contributed by atoms with van der Waals surface area (Å²) in [6.45, 7) is 2.65. The monoisotopic (exact) mass is 368 g/mol. The lowest BCUT2D eigenvalue weighted by atomic mass is 10.1. The van der Waals surface area contributed by atoms with Crippen LogP contribution in [-0.4, -0.2) is 9.78 Å². The van der Waals surface area contributed by atoms with E-state index in [1.165, 1.54) is 0 Å². The standard InChI is InChI=1S/C15H11BrCl2N2/c1-9-3-2-4-13(17)12(9)8-20-14-7-10(16)5-6-11(14)15(18)19-20/h2-7H,8H2,1H3. The average molecular weight is 370 g/mol. The van der Waals surface area contributed by atoms with Crippen molar-refractivity contribution >= 4 is 50.0 Å². The molecule has 2 aromatic carbocycles. The summed E-state index contributed by atoms with van der Waals surface area (Å²) in [5, 5.41) is 6.62. The van der Waals surface area contributed by atoms with E-state index in [1.54, 1.807) is 0 Å². The van der Waals surface area contributed by atoms with Crippen LogP contribution in [0.4, 0.5) is 0 Å². The Morgan fingerprint density at radius 3 is 2.75 bits per heavy atom. The van der Waals surface area contributed by atoms with Gasteiger partial charge in [-0.15, -0.1) is 0 Å². The molecule has 5 heteroatoms. The van der Waals surface area contributed by atoms with Crippen molar-refractivity contribution in [2.45, 2.75) is 13.5 Å². The highest BCUT2D eigenvalue weighted by Gasteiger charge is 2.12. The van der Waals surface area contributed by atoms with Gasteiger partial charge in [0.15, 0.2) is 5.15 Å². The van der Waals surface area contributed by atoms with E-state index in [-0.39, 0.29) is 0 Å². The molecule has 1 heterocycles. The number of aromatic nitrogens is 2. The molecular formula is C15H11BrCl2N2. The molecule has 0 atom stereocenters. The summed E-state index contributed by atoms with van der Waals surface area (Å²) in [4.78, 5) is 0. The van der Waals surface area contributed by atoms with E-state index in [1.807, 2.05) is 48.0 Å². The van der Waals surface area contributed by atoms with E-state index in [2.05, 4.69) is 21.0 Å². The minimum atomic E-state index is 0.511. The van der Waals surface area contributed by atoms with Crippen molar-refractivity contribution < 1.29 is 0 Å². The average Bonchev–Trinajstić information content (AvgIpc) is 2.70. The maximum absolute atomic E-state index is 6.29. The maximum Gasteiger partial charge on any atom is 0.158 e. The zero-order valence-electron chi connectivity index (χ0n) is 10.7. The first-order chi connectivity index (χ1) is 9.56. The van der Waals surface area contributed by atoms with Gasteiger partial charge in [-0.05, 0) is 42.3 Å². The molecular weight excluding hydrogens is 359 g/mol. The Bertz CT molecular complexity index is 776. The lowest BCUT2D eigenvalue weighted by Crippen LogP contribution is -2.04. The second-order valence-corrected chi connectivity index (χ2v) is 6.33. The summed E-state index contributed by atoms with van der Waals surface area (Å²) in [7, 11) is 0. The van der Waals surface area contributed by atoms with Crippen LogP contribution in [0.1, 0.15) is 11.1 Å². The number of rotatable bonds is 2. The van der Waals surface area contributed by atoms with Crippen LogP contribution in [-0.2, 0) is 6.54 Å². The van der Waals surface area contributed by atoms with Crippen molar-refractivity contribution in [1.82, 2.24) is 9.78 Å². The molecule has 0 spiro atoms. The van der Waals surface area contributed by atoms with Crippen molar-refractivity contribution in [3.05, 3.63) is 62.2 Å². The Kier molecular flexibility index (Phi) is 3.76. The van der Waals surface area contributed by atoms with Gasteiger partial charge in [0, 0.05) is 14.9 Å². The molecule has 0 fully saturated rings. The molecule has 0 unspecified atom stereocenters. The number of hydrogen-bond donors (Lipinski definition) is 0. The first-order valence-corrected chi connectivity index (χ1v) is 7.66. The summed E-state index contributed by atoms with van der Waals surface area (Å²) in [6, 6.07) is 11.8. The molecule has 3 aromatic rings. The Hall–Kier alpha value is -1.03. The highest BCUT2D eigenvalue weighted by molar-refractivity contribution is 9.10. The van der Waals surface area contributed by atoms with Gasteiger partial charge < -0.3 is 0 Å². The van der Waals surface area contributed by atoms with Crippen molar-refractivity contribution in [1.29, 1.82) is 0 Å². The van der Waals surface area contributed by atoms with Crippen molar-refractivity contribution in [2.24, 2.45) is 0 Å². The van der Waals surface area contributed by atoms with E-state index < -0.39 is 0 Å². The second kappa shape index (κ2) is 5.40. The molecule has 0 saturated carbocycles. The summed E-state index contributed by atoms with van der Waals surface area (Å²) < 4.78 is 2.88. The fourth-order valence-electron chi connectivity index (χ4n) is 2.24. The van der Waals surface area contributed by atoms with Crippen LogP contribution in [0, 0.1) is 6.92 Å². The molecule has 0 amide bonds. The lowest BCUT2D eigenvalue weighted by molar-refractivity contribution is 0.709. The largest absolute Gasteiger partial charge is 0.259 e. The quantitative estimate of drug-likeness (QED) is 0.586. The van der Waals surface area contributed by atoms with Gasteiger partial charge in [0.05, 0.1) is 12.1 Å². The van der Waals surface area contributed by atoms with Crippen LogP contribution in [0.5, 0.6) is 0 Å². The third kappa shape index (κ3) is 2.46. The fourth-order valence-corrected chi connectivity index (χ4v) is 3.13. The van der Waals surface area contributed by atoms with Gasteiger partial charge >= 0.3 is 0 Å². The molecule has 0 aliphatic rings. The van der Waals surface area contributed by atoms with E-state index >= 15 is 0 Å². The normalized spacial score (nSPS) is 11.2. The smallest absolute Gasteiger partial charge is 0.158 e. The third-order valence-electron chi connectivity index (χ3n) is 3.33. The van der Waals surface area contributed by atoms with E-state index in [4.69, 9.17) is 23.2 Å². The Labute approximate surface area is 135 Å². The van der Waals surface area contributed by atoms with Gasteiger partial charge in [-0.25, -0.2) is 0 Å². The first kappa shape index (κ1) is 13.9. The maximum atomic E-state index is 6.29. The molecule has 0 aliphatic heterocycles. The van der Waals surface area contributed by atoms with Crippen LogP contribution in [0.2, 0.25) is 10.2 Å². The van der Waals surface area contributed by atoms with Crippen LogP contribution in [0.25, 0.3) is 10.9 Å². The highest BCUT2D eigenvalue weighted by atomic mass is 79.9. The Balaban J connectivity index is 2.14. The van der Waals surface area contributed by atoms with Crippen molar-refractivity contribution in [3.8, 4) is 0 Å². The predicted molar refractivity (Wildman–Crippen MR) is 87.7 cm³/mol. The van der Waals surface area contributed by atoms with Crippen molar-refractivity contribution in [2.75, 3.05) is 0 Å². The topological polar surface area (TPSA) is 17.8 Å². The van der Waals surface area contributed by atoms with Gasteiger partial charge in [0.25, 0.3) is 0 Å². The number of hydrogen-bond acceptors (Lipinski definition) is 1. The minimum Gasteiger partial charge on any atom is -0.259 e. The Morgan fingerprint density at radius 2 is 2.00 bits per heavy atom. The lowest BCUT2D eigenvalue weighted by Gasteiger charge is -2.09. The van der Waals surface area contributed by atoms with Crippen LogP contribution in [0.15, 0.2) is 40.9 Å². The molecule has 0 saturated heterocycles. The number of benzene rings is 2. The number of halogens is 3. The molecule has 20 heavy (non-hydrogen) atoms. The molecule has 3 rings (SSSR count). The molecule has 102 valence electrons. The first-order valence-electron chi connectivity index (χ1n) is 6.12. The predicted octanol–water partition coefficient (Wildman–Crippen LogP) is 5.46. The van der Waals surface area contributed by atoms with Gasteiger partial charge in [0.2, 0.25) is 0 Å². The third-order valence-corrected chi connectivity index (χ3v) is 4.46. The summed E-state index contributed by atoms with van der Waals surface area (Å²) >= 11 is 16.0. The van der Waals surface area contributed by atoms with E-state index in [9.17, 15) is 0 Å². The molecule has 0 N–H and O–H groups in total. The van der Waals surface area contributed by atoms with E-state index in [0.717, 1.165) is 31.5 Å². The number of nitrogens with zero attached hydrogens (tertiary/aromatic N) is 2. The summed E-state index contributed by atoms with van der Waals surface area (Å²) in [5.41, 5.74) is 3.20. The van der Waals surface area contributed by atoms with Crippen molar-refractivity contribution in [3.63, 3.8) is 0 Å². The molecule has 0 bridgehead atoms. The van der Waals surface area contributed by atoms with Crippen LogP contribution in [0.3, 0.4) is 0 Å². The number of fused-ring (bicyclic) bond motifs is 1. The molecule has 0 aliphatic carbocycles. The molecule has 0 radical (unpaired) electrons. The SMILES string of the molecule is Cc1cccc(Cl)c1Cn1nc(Cl)c2ccc(Br)cc21. The number of aryl methyl sites for hydroxylation is 1. The van der Waals surface area contributed by atoms with Gasteiger partial charge in [0.1, 0.15) is 0 Å². The Morgan fingerprint density at radius 1 is 1.20 bits per heavy atom. The highest BCUT2D eigenvalue weighted by Crippen LogP contribution is 2.28. The fraction of sp³-hybridized carbons (Fsp3) is 0.133. The van der Waals surface area contributed by atoms with E-state index in [0.29, 0.717) is 11.7 Å². The van der Waals surface area contributed by atoms with Crippen LogP contribution < -0.4 is 0 Å². The molecule has 2 nitrogen and oxygen atoms in total. The second-order valence-electron chi connectivity index (χ2n) is 4.65. The minimum absolute atomic E-state index is 0.511. The summed E-state index contributed by atoms with van der Waals surface area (Å²) in [6.07, 6.45) is 0. The van der Waals surface area contributed by atoms with Gasteiger partial charge in [-0.2, -0.15) is 5.10 Å². The van der Waals surface area contributed by atoms with Gasteiger partial charge in [-0.1, -0.05) is 51.3 Å². The van der Waals surface area contributed by atoms with Crippen LogP contribution >= 0.6 is 39.1 Å². The molecule has 1 aromatic heterocycles.